The summed E-state index contributed by atoms with van der Waals surface area (Å²) < 4.78 is 18.1. The van der Waals surface area contributed by atoms with Crippen LogP contribution in [0.15, 0.2) is 18.2 Å². The third-order valence-corrected chi connectivity index (χ3v) is 2.65. The number of carbonyl (C=O) groups is 1. The van der Waals surface area contributed by atoms with Gasteiger partial charge in [0.25, 0.3) is 0 Å². The van der Waals surface area contributed by atoms with Gasteiger partial charge < -0.3 is 4.74 Å². The van der Waals surface area contributed by atoms with Crippen molar-refractivity contribution in [1.29, 1.82) is 0 Å². The quantitative estimate of drug-likeness (QED) is 0.713. The lowest BCUT2D eigenvalue weighted by atomic mass is 10.0. The summed E-state index contributed by atoms with van der Waals surface area (Å²) in [6, 6.07) is 4.28. The van der Waals surface area contributed by atoms with E-state index in [4.69, 9.17) is 4.74 Å². The van der Waals surface area contributed by atoms with Crippen molar-refractivity contribution in [1.82, 2.24) is 0 Å². The Morgan fingerprint density at radius 2 is 2.27 bits per heavy atom. The van der Waals surface area contributed by atoms with Crippen molar-refractivity contribution in [3.8, 4) is 0 Å². The average Bonchev–Trinajstić information content (AvgIpc) is 2.53. The van der Waals surface area contributed by atoms with E-state index in [1.165, 1.54) is 12.1 Å². The van der Waals surface area contributed by atoms with E-state index in [2.05, 4.69) is 6.92 Å². The molecule has 3 heteroatoms. The highest BCUT2D eigenvalue weighted by Crippen LogP contribution is 2.34. The van der Waals surface area contributed by atoms with Crippen LogP contribution in [0.1, 0.15) is 48.2 Å². The molecule has 1 heterocycles. The number of esters is 1. The second-order valence-corrected chi connectivity index (χ2v) is 3.77. The first-order valence-electron chi connectivity index (χ1n) is 5.22. The van der Waals surface area contributed by atoms with E-state index in [9.17, 15) is 9.18 Å². The van der Waals surface area contributed by atoms with Crippen molar-refractivity contribution in [2.45, 2.75) is 32.3 Å². The van der Waals surface area contributed by atoms with E-state index in [1.807, 2.05) is 0 Å². The van der Waals surface area contributed by atoms with Crippen LogP contribution in [0.4, 0.5) is 4.39 Å². The van der Waals surface area contributed by atoms with Gasteiger partial charge in [-0.05, 0) is 25.0 Å². The molecule has 0 bridgehead atoms. The number of hydrogen-bond acceptors (Lipinski definition) is 2. The fraction of sp³-hybridized carbons (Fsp3) is 0.417. The van der Waals surface area contributed by atoms with Crippen LogP contribution in [0.2, 0.25) is 0 Å². The summed E-state index contributed by atoms with van der Waals surface area (Å²) in [5.74, 6) is -0.785. The van der Waals surface area contributed by atoms with E-state index < -0.39 is 5.97 Å². The fourth-order valence-corrected chi connectivity index (χ4v) is 1.85. The highest BCUT2D eigenvalue weighted by Gasteiger charge is 2.30. The third-order valence-electron chi connectivity index (χ3n) is 2.65. The van der Waals surface area contributed by atoms with Crippen LogP contribution in [0, 0.1) is 5.82 Å². The number of carbonyl (C=O) groups excluding carboxylic acids is 1. The Balaban J connectivity index is 2.26. The summed E-state index contributed by atoms with van der Waals surface area (Å²) in [7, 11) is 0. The molecule has 2 rings (SSSR count). The predicted octanol–water partition coefficient (Wildman–Crippen LogP) is 3.23. The Hall–Kier alpha value is -1.38. The molecule has 1 unspecified atom stereocenters. The zero-order chi connectivity index (χ0) is 10.8. The van der Waals surface area contributed by atoms with Crippen molar-refractivity contribution >= 4 is 5.97 Å². The molecule has 1 aliphatic heterocycles. The Bertz CT molecular complexity index is 387. The minimum absolute atomic E-state index is 0.173. The molecule has 2 nitrogen and oxygen atoms in total. The Morgan fingerprint density at radius 3 is 3.00 bits per heavy atom. The lowest BCUT2D eigenvalue weighted by Gasteiger charge is -2.08. The number of cyclic esters (lactones) is 1. The van der Waals surface area contributed by atoms with Crippen molar-refractivity contribution in [2.24, 2.45) is 0 Å². The van der Waals surface area contributed by atoms with Crippen molar-refractivity contribution in [3.63, 3.8) is 0 Å². The minimum Gasteiger partial charge on any atom is -0.454 e. The van der Waals surface area contributed by atoms with Crippen molar-refractivity contribution in [3.05, 3.63) is 35.1 Å². The molecule has 1 aromatic rings. The Kier molecular flexibility index (Phi) is 2.71. The minimum atomic E-state index is -0.398. The highest BCUT2D eigenvalue weighted by molar-refractivity contribution is 5.94. The van der Waals surface area contributed by atoms with Gasteiger partial charge in [0.05, 0.1) is 5.56 Å². The monoisotopic (exact) mass is 208 g/mol. The van der Waals surface area contributed by atoms with Gasteiger partial charge in [0.2, 0.25) is 0 Å². The SMILES string of the molecule is CCCCC1OC(=O)c2cc(F)ccc21. The molecule has 0 N–H and O–H groups in total. The number of rotatable bonds is 3. The van der Waals surface area contributed by atoms with Crippen LogP contribution in [-0.2, 0) is 4.74 Å². The number of halogens is 1. The molecule has 1 atom stereocenters. The summed E-state index contributed by atoms with van der Waals surface area (Å²) in [6.07, 6.45) is 2.72. The summed E-state index contributed by atoms with van der Waals surface area (Å²) in [4.78, 5) is 11.4. The second-order valence-electron chi connectivity index (χ2n) is 3.77. The number of hydrogen-bond donors (Lipinski definition) is 0. The topological polar surface area (TPSA) is 26.3 Å². The van der Waals surface area contributed by atoms with Gasteiger partial charge in [0.1, 0.15) is 11.9 Å². The van der Waals surface area contributed by atoms with Crippen molar-refractivity contribution in [2.75, 3.05) is 0 Å². The maximum Gasteiger partial charge on any atom is 0.339 e. The summed E-state index contributed by atoms with van der Waals surface area (Å²) in [6.45, 7) is 2.09. The van der Waals surface area contributed by atoms with Crippen LogP contribution in [0.25, 0.3) is 0 Å². The van der Waals surface area contributed by atoms with Crippen LogP contribution in [0.3, 0.4) is 0 Å². The number of fused-ring (bicyclic) bond motifs is 1. The third kappa shape index (κ3) is 1.87. The average molecular weight is 208 g/mol. The second kappa shape index (κ2) is 4.01. The molecule has 0 spiro atoms. The molecular weight excluding hydrogens is 195 g/mol. The predicted molar refractivity (Wildman–Crippen MR) is 54.1 cm³/mol. The maximum atomic E-state index is 12.9. The Morgan fingerprint density at radius 1 is 1.47 bits per heavy atom. The number of ether oxygens (including phenoxy) is 1. The number of benzene rings is 1. The van der Waals surface area contributed by atoms with E-state index >= 15 is 0 Å². The zero-order valence-corrected chi connectivity index (χ0v) is 8.63. The molecule has 1 aliphatic rings. The molecule has 80 valence electrons. The molecule has 0 aliphatic carbocycles. The first-order chi connectivity index (χ1) is 7.22. The largest absolute Gasteiger partial charge is 0.454 e. The molecule has 1 aromatic carbocycles. The smallest absolute Gasteiger partial charge is 0.339 e. The molecule has 15 heavy (non-hydrogen) atoms. The molecule has 0 fully saturated rings. The van der Waals surface area contributed by atoms with E-state index in [0.717, 1.165) is 24.8 Å². The standard InChI is InChI=1S/C12H13FO2/c1-2-3-4-11-9-6-5-8(13)7-10(9)12(14)15-11/h5-7,11H,2-4H2,1H3. The molecule has 0 aromatic heterocycles. The van der Waals surface area contributed by atoms with E-state index in [-0.39, 0.29) is 11.9 Å². The van der Waals surface area contributed by atoms with Gasteiger partial charge >= 0.3 is 5.97 Å². The lowest BCUT2D eigenvalue weighted by Crippen LogP contribution is -1.98. The highest BCUT2D eigenvalue weighted by atomic mass is 19.1. The lowest BCUT2D eigenvalue weighted by molar-refractivity contribution is 0.0364. The summed E-state index contributed by atoms with van der Waals surface area (Å²) in [5, 5.41) is 0. The molecule has 0 radical (unpaired) electrons. The van der Waals surface area contributed by atoms with Gasteiger partial charge in [-0.1, -0.05) is 19.4 Å². The van der Waals surface area contributed by atoms with E-state index in [0.29, 0.717) is 5.56 Å². The first kappa shape index (κ1) is 10.1. The molecule has 0 amide bonds. The summed E-state index contributed by atoms with van der Waals surface area (Å²) >= 11 is 0. The van der Waals surface area contributed by atoms with Crippen LogP contribution < -0.4 is 0 Å². The van der Waals surface area contributed by atoms with Crippen molar-refractivity contribution < 1.29 is 13.9 Å². The van der Waals surface area contributed by atoms with E-state index in [1.54, 1.807) is 6.07 Å². The van der Waals surface area contributed by atoms with Gasteiger partial charge in [0, 0.05) is 5.56 Å². The molecule has 0 saturated carbocycles. The maximum absolute atomic E-state index is 12.9. The zero-order valence-electron chi connectivity index (χ0n) is 8.63. The normalized spacial score (nSPS) is 18.8. The fourth-order valence-electron chi connectivity index (χ4n) is 1.85. The van der Waals surface area contributed by atoms with Crippen LogP contribution in [0.5, 0.6) is 0 Å². The van der Waals surface area contributed by atoms with Crippen LogP contribution in [-0.4, -0.2) is 5.97 Å². The Labute approximate surface area is 88.1 Å². The summed E-state index contributed by atoms with van der Waals surface area (Å²) in [5.41, 5.74) is 1.21. The number of unbranched alkanes of at least 4 members (excludes halogenated alkanes) is 1. The van der Waals surface area contributed by atoms with Crippen LogP contribution >= 0.6 is 0 Å². The molecular formula is C12H13FO2. The van der Waals surface area contributed by atoms with Gasteiger partial charge in [-0.3, -0.25) is 0 Å². The van der Waals surface area contributed by atoms with Gasteiger partial charge in [0.15, 0.2) is 0 Å². The first-order valence-corrected chi connectivity index (χ1v) is 5.22. The van der Waals surface area contributed by atoms with Gasteiger partial charge in [-0.15, -0.1) is 0 Å². The van der Waals surface area contributed by atoms with Gasteiger partial charge in [-0.2, -0.15) is 0 Å². The molecule has 0 saturated heterocycles. The van der Waals surface area contributed by atoms with Gasteiger partial charge in [-0.25, -0.2) is 9.18 Å².